The number of nitrogens with one attached hydrogen (secondary N) is 1. The summed E-state index contributed by atoms with van der Waals surface area (Å²) in [6.07, 6.45) is 8.68. The summed E-state index contributed by atoms with van der Waals surface area (Å²) in [7, 11) is 0. The highest BCUT2D eigenvalue weighted by molar-refractivity contribution is 5.80. The third-order valence-corrected chi connectivity index (χ3v) is 3.69. The van der Waals surface area contributed by atoms with Crippen LogP contribution in [0.3, 0.4) is 0 Å². The minimum Gasteiger partial charge on any atom is -0.346 e. The maximum absolute atomic E-state index is 5.94. The molecule has 1 aliphatic rings. The fourth-order valence-electron chi connectivity index (χ4n) is 2.75. The van der Waals surface area contributed by atoms with Crippen molar-refractivity contribution in [3.05, 3.63) is 30.1 Å². The zero-order chi connectivity index (χ0) is 11.0. The molecule has 2 heterocycles. The molecule has 0 radical (unpaired) electrons. The van der Waals surface area contributed by atoms with E-state index in [9.17, 15) is 0 Å². The van der Waals surface area contributed by atoms with E-state index < -0.39 is 0 Å². The van der Waals surface area contributed by atoms with Crippen LogP contribution in [-0.2, 0) is 0 Å². The van der Waals surface area contributed by atoms with Crippen molar-refractivity contribution in [2.24, 2.45) is 5.73 Å². The zero-order valence-electron chi connectivity index (χ0n) is 9.32. The molecule has 0 aliphatic heterocycles. The van der Waals surface area contributed by atoms with E-state index in [0.717, 1.165) is 18.5 Å². The molecule has 16 heavy (non-hydrogen) atoms. The Kier molecular flexibility index (Phi) is 2.40. The van der Waals surface area contributed by atoms with Gasteiger partial charge in [0, 0.05) is 23.8 Å². The summed E-state index contributed by atoms with van der Waals surface area (Å²) in [6, 6.07) is 4.58. The van der Waals surface area contributed by atoms with Gasteiger partial charge in [0.15, 0.2) is 0 Å². The van der Waals surface area contributed by atoms with Crippen molar-refractivity contribution in [1.29, 1.82) is 0 Å². The van der Waals surface area contributed by atoms with Crippen molar-refractivity contribution in [2.75, 3.05) is 0 Å². The van der Waals surface area contributed by atoms with Gasteiger partial charge < -0.3 is 10.7 Å². The van der Waals surface area contributed by atoms with Crippen LogP contribution in [0.4, 0.5) is 0 Å². The molecule has 3 nitrogen and oxygen atoms in total. The summed E-state index contributed by atoms with van der Waals surface area (Å²) in [5.41, 5.74) is 8.38. The second kappa shape index (κ2) is 3.91. The van der Waals surface area contributed by atoms with Crippen LogP contribution in [0.15, 0.2) is 24.5 Å². The van der Waals surface area contributed by atoms with Gasteiger partial charge in [-0.3, -0.25) is 0 Å². The number of aromatic amines is 1. The number of aromatic nitrogens is 2. The van der Waals surface area contributed by atoms with E-state index in [4.69, 9.17) is 5.73 Å². The zero-order valence-corrected chi connectivity index (χ0v) is 9.32. The molecule has 3 rings (SSSR count). The van der Waals surface area contributed by atoms with Gasteiger partial charge in [-0.05, 0) is 49.3 Å². The Balaban J connectivity index is 1.94. The molecular formula is C13H17N3. The van der Waals surface area contributed by atoms with E-state index in [1.807, 2.05) is 12.3 Å². The minimum atomic E-state index is 0.416. The first-order valence-corrected chi connectivity index (χ1v) is 6.02. The maximum atomic E-state index is 5.94. The van der Waals surface area contributed by atoms with Crippen LogP contribution in [0.1, 0.15) is 37.2 Å². The second-order valence-electron chi connectivity index (χ2n) is 4.76. The molecule has 1 aliphatic carbocycles. The van der Waals surface area contributed by atoms with Gasteiger partial charge in [-0.2, -0.15) is 0 Å². The number of H-pyrrole nitrogens is 1. The number of fused-ring (bicyclic) bond motifs is 1. The standard InChI is InChI=1S/C13H17N3/c14-10-5-3-9(4-6-10)12-8-16-13-11(12)2-1-7-15-13/h1-2,7-10H,3-6,14H2,(H,15,16)/t9-,10+. The third kappa shape index (κ3) is 1.61. The molecule has 0 amide bonds. The summed E-state index contributed by atoms with van der Waals surface area (Å²) < 4.78 is 0. The molecule has 84 valence electrons. The topological polar surface area (TPSA) is 54.7 Å². The van der Waals surface area contributed by atoms with Crippen molar-refractivity contribution in [1.82, 2.24) is 9.97 Å². The fraction of sp³-hybridized carbons (Fsp3) is 0.462. The lowest BCUT2D eigenvalue weighted by molar-refractivity contribution is 0.397. The first-order chi connectivity index (χ1) is 7.84. The van der Waals surface area contributed by atoms with Gasteiger partial charge in [0.05, 0.1) is 0 Å². The van der Waals surface area contributed by atoms with Gasteiger partial charge in [0.1, 0.15) is 5.65 Å². The molecule has 0 aromatic carbocycles. The van der Waals surface area contributed by atoms with Crippen molar-refractivity contribution in [2.45, 2.75) is 37.6 Å². The van der Waals surface area contributed by atoms with Crippen LogP contribution >= 0.6 is 0 Å². The molecule has 3 N–H and O–H groups in total. The average molecular weight is 215 g/mol. The summed E-state index contributed by atoms with van der Waals surface area (Å²) >= 11 is 0. The van der Waals surface area contributed by atoms with E-state index in [2.05, 4.69) is 22.2 Å². The van der Waals surface area contributed by atoms with Crippen LogP contribution in [0, 0.1) is 0 Å². The van der Waals surface area contributed by atoms with Crippen LogP contribution in [0.25, 0.3) is 11.0 Å². The van der Waals surface area contributed by atoms with E-state index in [1.165, 1.54) is 23.8 Å². The predicted molar refractivity (Wildman–Crippen MR) is 65.3 cm³/mol. The Morgan fingerprint density at radius 3 is 2.88 bits per heavy atom. The highest BCUT2D eigenvalue weighted by Gasteiger charge is 2.22. The van der Waals surface area contributed by atoms with Crippen LogP contribution in [0.5, 0.6) is 0 Å². The number of hydrogen-bond acceptors (Lipinski definition) is 2. The molecule has 0 unspecified atom stereocenters. The van der Waals surface area contributed by atoms with Gasteiger partial charge in [-0.25, -0.2) is 4.98 Å². The Hall–Kier alpha value is -1.35. The molecule has 0 atom stereocenters. The fourth-order valence-corrected chi connectivity index (χ4v) is 2.75. The number of pyridine rings is 1. The highest BCUT2D eigenvalue weighted by Crippen LogP contribution is 2.35. The second-order valence-corrected chi connectivity index (χ2v) is 4.76. The monoisotopic (exact) mass is 215 g/mol. The molecule has 1 fully saturated rings. The molecule has 0 saturated heterocycles. The molecule has 0 spiro atoms. The number of rotatable bonds is 1. The molecule has 0 bridgehead atoms. The Bertz CT molecular complexity index is 481. The number of nitrogens with two attached hydrogens (primary N) is 1. The Morgan fingerprint density at radius 1 is 1.25 bits per heavy atom. The van der Waals surface area contributed by atoms with Gasteiger partial charge in [0.25, 0.3) is 0 Å². The number of hydrogen-bond donors (Lipinski definition) is 2. The highest BCUT2D eigenvalue weighted by atomic mass is 14.8. The Labute approximate surface area is 95.1 Å². The molecule has 3 heteroatoms. The maximum Gasteiger partial charge on any atom is 0.137 e. The van der Waals surface area contributed by atoms with Crippen LogP contribution in [-0.4, -0.2) is 16.0 Å². The summed E-state index contributed by atoms with van der Waals surface area (Å²) in [5.74, 6) is 0.665. The lowest BCUT2D eigenvalue weighted by atomic mass is 9.82. The van der Waals surface area contributed by atoms with Gasteiger partial charge in [-0.15, -0.1) is 0 Å². The molecule has 1 saturated carbocycles. The molecule has 2 aromatic heterocycles. The van der Waals surface area contributed by atoms with E-state index in [1.54, 1.807) is 0 Å². The average Bonchev–Trinajstić information content (AvgIpc) is 2.74. The minimum absolute atomic E-state index is 0.416. The van der Waals surface area contributed by atoms with Gasteiger partial charge >= 0.3 is 0 Å². The predicted octanol–water partition coefficient (Wildman–Crippen LogP) is 2.55. The number of nitrogens with zero attached hydrogens (tertiary/aromatic N) is 1. The first kappa shape index (κ1) is 9.85. The quantitative estimate of drug-likeness (QED) is 0.768. The van der Waals surface area contributed by atoms with E-state index in [0.29, 0.717) is 12.0 Å². The van der Waals surface area contributed by atoms with Gasteiger partial charge in [-0.1, -0.05) is 0 Å². The first-order valence-electron chi connectivity index (χ1n) is 6.02. The smallest absolute Gasteiger partial charge is 0.137 e. The summed E-state index contributed by atoms with van der Waals surface area (Å²) in [5, 5.41) is 1.28. The van der Waals surface area contributed by atoms with Crippen molar-refractivity contribution >= 4 is 11.0 Å². The largest absolute Gasteiger partial charge is 0.346 e. The third-order valence-electron chi connectivity index (χ3n) is 3.69. The van der Waals surface area contributed by atoms with Crippen molar-refractivity contribution in [3.8, 4) is 0 Å². The van der Waals surface area contributed by atoms with Crippen LogP contribution < -0.4 is 5.73 Å². The Morgan fingerprint density at radius 2 is 2.06 bits per heavy atom. The van der Waals surface area contributed by atoms with E-state index in [-0.39, 0.29) is 0 Å². The van der Waals surface area contributed by atoms with Crippen molar-refractivity contribution in [3.63, 3.8) is 0 Å². The van der Waals surface area contributed by atoms with Crippen LogP contribution in [0.2, 0.25) is 0 Å². The summed E-state index contributed by atoms with van der Waals surface area (Å²) in [4.78, 5) is 7.59. The SMILES string of the molecule is N[C@H]1CC[C@@H](c2c[nH]c3ncccc32)CC1. The van der Waals surface area contributed by atoms with Crippen molar-refractivity contribution < 1.29 is 0 Å². The lowest BCUT2D eigenvalue weighted by Crippen LogP contribution is -2.25. The lowest BCUT2D eigenvalue weighted by Gasteiger charge is -2.25. The van der Waals surface area contributed by atoms with Gasteiger partial charge in [0.2, 0.25) is 0 Å². The summed E-state index contributed by atoms with van der Waals surface area (Å²) in [6.45, 7) is 0. The van der Waals surface area contributed by atoms with E-state index >= 15 is 0 Å². The molecular weight excluding hydrogens is 198 g/mol. The molecule has 2 aromatic rings. The normalized spacial score (nSPS) is 26.1.